The highest BCUT2D eigenvalue weighted by Gasteiger charge is 2.24. The van der Waals surface area contributed by atoms with Crippen molar-refractivity contribution in [2.45, 2.75) is 25.9 Å². The van der Waals surface area contributed by atoms with Crippen LogP contribution in [-0.2, 0) is 13.1 Å². The Morgan fingerprint density at radius 1 is 1.37 bits per heavy atom. The zero-order valence-corrected chi connectivity index (χ0v) is 10.4. The minimum atomic E-state index is -0.461. The second-order valence-electron chi connectivity index (χ2n) is 4.45. The Morgan fingerprint density at radius 3 is 2.68 bits per heavy atom. The van der Waals surface area contributed by atoms with Gasteiger partial charge >= 0.3 is 5.69 Å². The molecule has 0 atom stereocenters. The number of nitrogens with two attached hydrogens (primary N) is 1. The molecule has 19 heavy (non-hydrogen) atoms. The normalized spacial score (nSPS) is 13.8. The van der Waals surface area contributed by atoms with Crippen LogP contribution in [0.5, 0.6) is 0 Å². The molecule has 0 radical (unpaired) electrons. The van der Waals surface area contributed by atoms with Gasteiger partial charge in [-0.3, -0.25) is 9.36 Å². The van der Waals surface area contributed by atoms with Crippen molar-refractivity contribution in [1.29, 1.82) is 0 Å². The maximum atomic E-state index is 12.2. The number of hydrazine groups is 1. The molecule has 1 aliphatic rings. The molecule has 0 saturated heterocycles. The fourth-order valence-corrected chi connectivity index (χ4v) is 1.81. The highest BCUT2D eigenvalue weighted by Crippen LogP contribution is 2.30. The lowest BCUT2D eigenvalue weighted by atomic mass is 10.4. The molecule has 1 saturated carbocycles. The number of nitrogen functional groups attached to an aromatic ring is 1. The van der Waals surface area contributed by atoms with E-state index in [4.69, 9.17) is 10.9 Å². The summed E-state index contributed by atoms with van der Waals surface area (Å²) in [6.07, 6.45) is 2.17. The van der Waals surface area contributed by atoms with Crippen molar-refractivity contribution in [2.24, 2.45) is 11.8 Å². The van der Waals surface area contributed by atoms with Gasteiger partial charge in [-0.25, -0.2) is 15.2 Å². The summed E-state index contributed by atoms with van der Waals surface area (Å²) in [5, 5.41) is 8.58. The van der Waals surface area contributed by atoms with Gasteiger partial charge in [-0.2, -0.15) is 0 Å². The quantitative estimate of drug-likeness (QED) is 0.356. The van der Waals surface area contributed by atoms with Crippen LogP contribution in [0.3, 0.4) is 0 Å². The number of rotatable bonds is 4. The van der Waals surface area contributed by atoms with E-state index in [-0.39, 0.29) is 13.2 Å². The van der Waals surface area contributed by atoms with Gasteiger partial charge in [-0.15, -0.1) is 0 Å². The minimum absolute atomic E-state index is 0.0340. The highest BCUT2D eigenvalue weighted by molar-refractivity contribution is 5.32. The summed E-state index contributed by atoms with van der Waals surface area (Å²) in [6, 6.07) is 1.28. The Kier molecular flexibility index (Phi) is 4.04. The lowest BCUT2D eigenvalue weighted by Crippen LogP contribution is -2.41. The molecule has 1 aromatic heterocycles. The summed E-state index contributed by atoms with van der Waals surface area (Å²) < 4.78 is 2.49. The van der Waals surface area contributed by atoms with Crippen LogP contribution in [0.1, 0.15) is 12.8 Å². The molecular weight excluding hydrogens is 248 g/mol. The average molecular weight is 264 g/mol. The van der Waals surface area contributed by atoms with Gasteiger partial charge in [0.1, 0.15) is 12.4 Å². The second kappa shape index (κ2) is 5.73. The molecule has 0 unspecified atom stereocenters. The molecule has 1 aromatic rings. The van der Waals surface area contributed by atoms with Crippen LogP contribution in [0.2, 0.25) is 0 Å². The first-order valence-electron chi connectivity index (χ1n) is 6.05. The fraction of sp³-hybridized carbons (Fsp3) is 0.500. The molecule has 7 nitrogen and oxygen atoms in total. The lowest BCUT2D eigenvalue weighted by Gasteiger charge is -2.13. The minimum Gasteiger partial charge on any atom is -0.384 e. The first-order valence-corrected chi connectivity index (χ1v) is 6.05. The summed E-state index contributed by atoms with van der Waals surface area (Å²) in [5.74, 6) is 11.1. The van der Waals surface area contributed by atoms with E-state index in [0.29, 0.717) is 18.3 Å². The van der Waals surface area contributed by atoms with Crippen molar-refractivity contribution < 1.29 is 5.11 Å². The summed E-state index contributed by atoms with van der Waals surface area (Å²) in [5.41, 5.74) is 1.49. The predicted octanol–water partition coefficient (Wildman–Crippen LogP) is -1.30. The standard InChI is InChI=1S/C12H16N4O3/c13-14-10-7-11(18)15(5-1-2-6-17)12(19)16(10)8-9-3-4-9/h7,9,14,17H,3-6,8,13H2. The second-order valence-corrected chi connectivity index (χ2v) is 4.45. The molecule has 1 fully saturated rings. The molecule has 0 aromatic carbocycles. The van der Waals surface area contributed by atoms with Crippen molar-refractivity contribution >= 4 is 5.82 Å². The van der Waals surface area contributed by atoms with Gasteiger partial charge in [0, 0.05) is 12.6 Å². The van der Waals surface area contributed by atoms with Gasteiger partial charge in [0.15, 0.2) is 0 Å². The SMILES string of the molecule is NNc1cc(=O)n(CC#CCO)c(=O)n1CC1CC1. The Balaban J connectivity index is 2.42. The third-order valence-electron chi connectivity index (χ3n) is 3.01. The molecule has 0 aliphatic heterocycles. The Labute approximate surface area is 109 Å². The van der Waals surface area contributed by atoms with Crippen molar-refractivity contribution in [3.05, 3.63) is 26.9 Å². The van der Waals surface area contributed by atoms with Gasteiger partial charge in [-0.05, 0) is 18.8 Å². The number of aliphatic hydroxyl groups excluding tert-OH is 1. The molecule has 0 bridgehead atoms. The van der Waals surface area contributed by atoms with Gasteiger partial charge in [-0.1, -0.05) is 11.8 Å². The number of aliphatic hydroxyl groups is 1. The van der Waals surface area contributed by atoms with E-state index < -0.39 is 11.2 Å². The van der Waals surface area contributed by atoms with Crippen molar-refractivity contribution in [2.75, 3.05) is 12.0 Å². The topological polar surface area (TPSA) is 102 Å². The van der Waals surface area contributed by atoms with E-state index in [9.17, 15) is 9.59 Å². The zero-order valence-electron chi connectivity index (χ0n) is 10.4. The molecule has 102 valence electrons. The van der Waals surface area contributed by atoms with Crippen molar-refractivity contribution in [3.63, 3.8) is 0 Å². The Bertz CT molecular complexity index is 631. The third kappa shape index (κ3) is 3.05. The third-order valence-corrected chi connectivity index (χ3v) is 3.01. The fourth-order valence-electron chi connectivity index (χ4n) is 1.81. The lowest BCUT2D eigenvalue weighted by molar-refractivity contribution is 0.350. The maximum Gasteiger partial charge on any atom is 0.333 e. The van der Waals surface area contributed by atoms with E-state index in [0.717, 1.165) is 17.4 Å². The van der Waals surface area contributed by atoms with E-state index in [2.05, 4.69) is 17.3 Å². The predicted molar refractivity (Wildman–Crippen MR) is 70.4 cm³/mol. The first-order chi connectivity index (χ1) is 9.17. The molecule has 0 spiro atoms. The molecular formula is C12H16N4O3. The molecule has 4 N–H and O–H groups in total. The van der Waals surface area contributed by atoms with Gasteiger partial charge in [0.25, 0.3) is 5.56 Å². The number of nitrogens with one attached hydrogen (secondary N) is 1. The Morgan fingerprint density at radius 2 is 2.11 bits per heavy atom. The monoisotopic (exact) mass is 264 g/mol. The number of hydrogen-bond donors (Lipinski definition) is 3. The van der Waals surface area contributed by atoms with Crippen molar-refractivity contribution in [1.82, 2.24) is 9.13 Å². The molecule has 7 heteroatoms. The van der Waals surface area contributed by atoms with Crippen molar-refractivity contribution in [3.8, 4) is 11.8 Å². The van der Waals surface area contributed by atoms with Crippen LogP contribution in [0.25, 0.3) is 0 Å². The van der Waals surface area contributed by atoms with E-state index in [1.165, 1.54) is 10.6 Å². The molecule has 2 rings (SSSR count). The Hall–Kier alpha value is -2.04. The number of aromatic nitrogens is 2. The van der Waals surface area contributed by atoms with Gasteiger partial charge in [0.05, 0.1) is 6.54 Å². The van der Waals surface area contributed by atoms with E-state index >= 15 is 0 Å². The number of hydrogen-bond acceptors (Lipinski definition) is 5. The highest BCUT2D eigenvalue weighted by atomic mass is 16.2. The van der Waals surface area contributed by atoms with Crippen LogP contribution < -0.4 is 22.5 Å². The molecule has 0 amide bonds. The van der Waals surface area contributed by atoms with Crippen LogP contribution >= 0.6 is 0 Å². The largest absolute Gasteiger partial charge is 0.384 e. The van der Waals surface area contributed by atoms with Crippen LogP contribution in [0, 0.1) is 17.8 Å². The van der Waals surface area contributed by atoms with E-state index in [1.54, 1.807) is 0 Å². The smallest absolute Gasteiger partial charge is 0.333 e. The summed E-state index contributed by atoms with van der Waals surface area (Å²) >= 11 is 0. The first kappa shape index (κ1) is 13.4. The molecule has 1 heterocycles. The number of anilines is 1. The van der Waals surface area contributed by atoms with E-state index in [1.807, 2.05) is 0 Å². The van der Waals surface area contributed by atoms with Crippen LogP contribution in [0.15, 0.2) is 15.7 Å². The molecule has 1 aliphatic carbocycles. The average Bonchev–Trinajstić information content (AvgIpc) is 3.20. The summed E-state index contributed by atoms with van der Waals surface area (Å²) in [7, 11) is 0. The van der Waals surface area contributed by atoms with Crippen LogP contribution in [0.4, 0.5) is 5.82 Å². The van der Waals surface area contributed by atoms with Gasteiger partial charge < -0.3 is 10.5 Å². The van der Waals surface area contributed by atoms with Crippen LogP contribution in [-0.4, -0.2) is 20.8 Å². The number of nitrogens with zero attached hydrogens (tertiary/aromatic N) is 2. The summed E-state index contributed by atoms with van der Waals surface area (Å²) in [6.45, 7) is 0.216. The van der Waals surface area contributed by atoms with Gasteiger partial charge in [0.2, 0.25) is 0 Å². The maximum absolute atomic E-state index is 12.2. The summed E-state index contributed by atoms with van der Waals surface area (Å²) in [4.78, 5) is 24.0. The zero-order chi connectivity index (χ0) is 13.8.